The maximum atomic E-state index is 11.6. The first-order valence-corrected chi connectivity index (χ1v) is 7.84. The molecule has 116 valence electrons. The Morgan fingerprint density at radius 3 is 2.43 bits per heavy atom. The lowest BCUT2D eigenvalue weighted by atomic mass is 10.1. The number of carbonyl (C=O) groups is 3. The van der Waals surface area contributed by atoms with Crippen LogP contribution in [0.4, 0.5) is 4.79 Å². The third kappa shape index (κ3) is 6.13. The van der Waals surface area contributed by atoms with E-state index in [1.54, 1.807) is 27.7 Å². The molecule has 1 aromatic heterocycles. The van der Waals surface area contributed by atoms with E-state index in [2.05, 4.69) is 15.6 Å². The van der Waals surface area contributed by atoms with Crippen LogP contribution in [0.2, 0.25) is 0 Å². The van der Waals surface area contributed by atoms with Crippen molar-refractivity contribution >= 4 is 41.0 Å². The van der Waals surface area contributed by atoms with Crippen molar-refractivity contribution in [2.75, 3.05) is 5.75 Å². The second kappa shape index (κ2) is 6.90. The topological polar surface area (TPSA) is 108 Å². The third-order valence-corrected chi connectivity index (χ3v) is 4.33. The molecular formula is C12H17N3O4S2. The van der Waals surface area contributed by atoms with Crippen LogP contribution in [0.15, 0.2) is 4.34 Å². The van der Waals surface area contributed by atoms with Crippen molar-refractivity contribution in [3.8, 4) is 0 Å². The molecule has 0 saturated carbocycles. The maximum Gasteiger partial charge on any atom is 0.347 e. The number of carboxylic acid groups (broad SMARTS) is 1. The quantitative estimate of drug-likeness (QED) is 0.727. The Kier molecular flexibility index (Phi) is 5.73. The molecule has 0 bridgehead atoms. The molecule has 7 nitrogen and oxygen atoms in total. The molecule has 3 amide bonds. The molecule has 9 heteroatoms. The number of thioether (sulfide) groups is 1. The molecule has 0 aromatic carbocycles. The molecule has 0 spiro atoms. The molecule has 21 heavy (non-hydrogen) atoms. The Bertz CT molecular complexity index is 563. The number of urea groups is 1. The number of hydrogen-bond acceptors (Lipinski definition) is 6. The molecule has 0 aliphatic heterocycles. The molecule has 0 aliphatic rings. The number of nitrogens with one attached hydrogen (secondary N) is 2. The number of aryl methyl sites for hydroxylation is 1. The van der Waals surface area contributed by atoms with Gasteiger partial charge in [0.2, 0.25) is 5.91 Å². The van der Waals surface area contributed by atoms with Gasteiger partial charge in [-0.2, -0.15) is 0 Å². The van der Waals surface area contributed by atoms with Crippen molar-refractivity contribution in [3.63, 3.8) is 0 Å². The van der Waals surface area contributed by atoms with Gasteiger partial charge in [-0.25, -0.2) is 14.6 Å². The van der Waals surface area contributed by atoms with Gasteiger partial charge in [-0.05, 0) is 27.7 Å². The first-order chi connectivity index (χ1) is 9.58. The number of imide groups is 1. The predicted molar refractivity (Wildman–Crippen MR) is 81.0 cm³/mol. The van der Waals surface area contributed by atoms with Crippen LogP contribution in [-0.2, 0) is 4.79 Å². The largest absolute Gasteiger partial charge is 0.477 e. The van der Waals surface area contributed by atoms with Gasteiger partial charge in [0.1, 0.15) is 4.88 Å². The summed E-state index contributed by atoms with van der Waals surface area (Å²) in [6, 6.07) is -0.561. The van der Waals surface area contributed by atoms with E-state index in [-0.39, 0.29) is 10.6 Å². The van der Waals surface area contributed by atoms with Gasteiger partial charge in [0.15, 0.2) is 4.34 Å². The van der Waals surface area contributed by atoms with E-state index < -0.39 is 23.4 Å². The molecule has 3 N–H and O–H groups in total. The summed E-state index contributed by atoms with van der Waals surface area (Å²) in [6.07, 6.45) is 0. The zero-order valence-corrected chi connectivity index (χ0v) is 13.8. The van der Waals surface area contributed by atoms with E-state index in [0.29, 0.717) is 10.0 Å². The van der Waals surface area contributed by atoms with Gasteiger partial charge in [0.25, 0.3) is 0 Å². The lowest BCUT2D eigenvalue weighted by Crippen LogP contribution is -2.48. The summed E-state index contributed by atoms with van der Waals surface area (Å²) in [5.74, 6) is -1.51. The van der Waals surface area contributed by atoms with Crippen LogP contribution in [0.5, 0.6) is 0 Å². The highest BCUT2D eigenvalue weighted by atomic mass is 32.2. The number of aromatic nitrogens is 1. The van der Waals surface area contributed by atoms with Crippen molar-refractivity contribution in [2.24, 2.45) is 0 Å². The fourth-order valence-electron chi connectivity index (χ4n) is 1.29. The van der Waals surface area contributed by atoms with Crippen LogP contribution in [0.1, 0.15) is 36.1 Å². The van der Waals surface area contributed by atoms with Gasteiger partial charge in [-0.15, -0.1) is 11.3 Å². The highest BCUT2D eigenvalue weighted by Crippen LogP contribution is 2.26. The van der Waals surface area contributed by atoms with Crippen molar-refractivity contribution in [1.82, 2.24) is 15.6 Å². The van der Waals surface area contributed by atoms with Gasteiger partial charge < -0.3 is 10.4 Å². The predicted octanol–water partition coefficient (Wildman–Crippen LogP) is 1.87. The average molecular weight is 331 g/mol. The Hall–Kier alpha value is -1.61. The number of rotatable bonds is 4. The Labute approximate surface area is 130 Å². The van der Waals surface area contributed by atoms with E-state index >= 15 is 0 Å². The van der Waals surface area contributed by atoms with Crippen molar-refractivity contribution in [2.45, 2.75) is 37.6 Å². The van der Waals surface area contributed by atoms with Crippen LogP contribution >= 0.6 is 23.1 Å². The van der Waals surface area contributed by atoms with E-state index in [9.17, 15) is 14.4 Å². The van der Waals surface area contributed by atoms with Gasteiger partial charge in [-0.1, -0.05) is 11.8 Å². The summed E-state index contributed by atoms with van der Waals surface area (Å²) < 4.78 is 0.483. The number of amides is 3. The lowest BCUT2D eigenvalue weighted by molar-refractivity contribution is -0.117. The van der Waals surface area contributed by atoms with Gasteiger partial charge >= 0.3 is 12.0 Å². The van der Waals surface area contributed by atoms with Gasteiger partial charge in [0.05, 0.1) is 11.4 Å². The Morgan fingerprint density at radius 2 is 1.95 bits per heavy atom. The summed E-state index contributed by atoms with van der Waals surface area (Å²) in [7, 11) is 0. The highest BCUT2D eigenvalue weighted by Gasteiger charge is 2.17. The van der Waals surface area contributed by atoms with Gasteiger partial charge in [0, 0.05) is 5.54 Å². The molecule has 1 rings (SSSR count). The molecule has 0 unspecified atom stereocenters. The molecule has 0 saturated heterocycles. The fourth-order valence-corrected chi connectivity index (χ4v) is 3.12. The maximum absolute atomic E-state index is 11.6. The third-order valence-electron chi connectivity index (χ3n) is 2.04. The van der Waals surface area contributed by atoms with E-state index in [1.807, 2.05) is 0 Å². The van der Waals surface area contributed by atoms with Crippen LogP contribution in [0.25, 0.3) is 0 Å². The second-order valence-corrected chi connectivity index (χ2v) is 7.46. The average Bonchev–Trinajstić information content (AvgIpc) is 2.65. The number of nitrogens with zero attached hydrogens (tertiary/aromatic N) is 1. The lowest BCUT2D eigenvalue weighted by Gasteiger charge is -2.20. The second-order valence-electron chi connectivity index (χ2n) is 5.24. The normalized spacial score (nSPS) is 11.0. The number of carbonyl (C=O) groups excluding carboxylic acids is 2. The zero-order valence-electron chi connectivity index (χ0n) is 12.1. The summed E-state index contributed by atoms with van der Waals surface area (Å²) in [5, 5.41) is 13.7. The summed E-state index contributed by atoms with van der Waals surface area (Å²) in [5.41, 5.74) is -0.0128. The van der Waals surface area contributed by atoms with E-state index in [1.165, 1.54) is 0 Å². The standard InChI is InChI=1S/C12H17N3O4S2/c1-6-8(9(17)18)21-11(13-6)20-5-7(16)14-10(19)15-12(2,3)4/h5H2,1-4H3,(H,17,18)(H2,14,15,16,19). The van der Waals surface area contributed by atoms with E-state index in [4.69, 9.17) is 5.11 Å². The molecular weight excluding hydrogens is 314 g/mol. The number of aromatic carboxylic acids is 1. The fraction of sp³-hybridized carbons (Fsp3) is 0.500. The minimum atomic E-state index is -1.04. The Morgan fingerprint density at radius 1 is 1.33 bits per heavy atom. The molecule has 0 fully saturated rings. The Balaban J connectivity index is 2.48. The molecule has 1 aromatic rings. The molecule has 0 radical (unpaired) electrons. The summed E-state index contributed by atoms with van der Waals surface area (Å²) >= 11 is 2.10. The molecule has 0 atom stereocenters. The van der Waals surface area contributed by atoms with Gasteiger partial charge in [-0.3, -0.25) is 10.1 Å². The first-order valence-electron chi connectivity index (χ1n) is 6.04. The van der Waals surface area contributed by atoms with Crippen LogP contribution in [0, 0.1) is 6.92 Å². The highest BCUT2D eigenvalue weighted by molar-refractivity contribution is 8.01. The number of thiazole rings is 1. The van der Waals surface area contributed by atoms with Crippen molar-refractivity contribution < 1.29 is 19.5 Å². The minimum absolute atomic E-state index is 0.0103. The summed E-state index contributed by atoms with van der Waals surface area (Å²) in [4.78, 5) is 38.2. The van der Waals surface area contributed by atoms with Crippen LogP contribution in [-0.4, -0.2) is 39.3 Å². The SMILES string of the molecule is Cc1nc(SCC(=O)NC(=O)NC(C)(C)C)sc1C(=O)O. The number of carboxylic acids is 1. The first kappa shape index (κ1) is 17.4. The van der Waals surface area contributed by atoms with Crippen molar-refractivity contribution in [3.05, 3.63) is 10.6 Å². The monoisotopic (exact) mass is 331 g/mol. The van der Waals surface area contributed by atoms with Crippen LogP contribution in [0.3, 0.4) is 0 Å². The van der Waals surface area contributed by atoms with E-state index in [0.717, 1.165) is 23.1 Å². The zero-order chi connectivity index (χ0) is 16.2. The summed E-state index contributed by atoms with van der Waals surface area (Å²) in [6.45, 7) is 7.01. The smallest absolute Gasteiger partial charge is 0.347 e. The van der Waals surface area contributed by atoms with Crippen LogP contribution < -0.4 is 10.6 Å². The minimum Gasteiger partial charge on any atom is -0.477 e. The molecule has 1 heterocycles. The van der Waals surface area contributed by atoms with Crippen molar-refractivity contribution in [1.29, 1.82) is 0 Å². The molecule has 0 aliphatic carbocycles. The number of hydrogen-bond donors (Lipinski definition) is 3.